The van der Waals surface area contributed by atoms with Gasteiger partial charge in [-0.15, -0.1) is 35.7 Å². The monoisotopic (exact) mass is 501 g/mol. The van der Waals surface area contributed by atoms with Gasteiger partial charge in [0.25, 0.3) is 0 Å². The van der Waals surface area contributed by atoms with Crippen molar-refractivity contribution in [1.29, 1.82) is 0 Å². The predicted octanol–water partition coefficient (Wildman–Crippen LogP) is 4.63. The average molecular weight is 501 g/mol. The lowest BCUT2D eigenvalue weighted by molar-refractivity contribution is 0.172. The fourth-order valence-electron chi connectivity index (χ4n) is 2.30. The maximum Gasteiger partial charge on any atom is 0.195 e. The van der Waals surface area contributed by atoms with Gasteiger partial charge in [0.1, 0.15) is 5.75 Å². The second kappa shape index (κ2) is 13.7. The van der Waals surface area contributed by atoms with Crippen molar-refractivity contribution in [2.75, 3.05) is 38.9 Å². The Morgan fingerprint density at radius 3 is 2.56 bits per heavy atom. The van der Waals surface area contributed by atoms with Crippen LogP contribution in [0.2, 0.25) is 0 Å². The summed E-state index contributed by atoms with van der Waals surface area (Å²) in [6.07, 6.45) is 2.95. The van der Waals surface area contributed by atoms with E-state index in [2.05, 4.69) is 46.1 Å². The molecule has 2 aromatic rings. The van der Waals surface area contributed by atoms with Gasteiger partial charge < -0.3 is 20.1 Å². The molecule has 0 saturated heterocycles. The molecule has 0 aliphatic carbocycles. The molecule has 0 bridgehead atoms. The van der Waals surface area contributed by atoms with E-state index in [0.717, 1.165) is 23.8 Å². The van der Waals surface area contributed by atoms with E-state index in [0.29, 0.717) is 19.8 Å². The molecule has 0 fully saturated rings. The first-order chi connectivity index (χ1) is 12.7. The van der Waals surface area contributed by atoms with Crippen molar-refractivity contribution in [2.24, 2.45) is 4.99 Å². The third-order valence-electron chi connectivity index (χ3n) is 3.70. The molecule has 2 rings (SSSR count). The van der Waals surface area contributed by atoms with E-state index in [1.54, 1.807) is 25.9 Å². The smallest absolute Gasteiger partial charge is 0.195 e. The number of nitrogens with zero attached hydrogens (tertiary/aromatic N) is 1. The minimum absolute atomic E-state index is 0. The SMILES string of the molecule is CN=C(NCc1ccc(SC)cc1)Nc1cccc(OCCCOC)c1.I. The number of ether oxygens (including phenoxy) is 2. The van der Waals surface area contributed by atoms with E-state index in [1.165, 1.54) is 10.5 Å². The van der Waals surface area contributed by atoms with Crippen LogP contribution in [0.3, 0.4) is 0 Å². The van der Waals surface area contributed by atoms with E-state index < -0.39 is 0 Å². The number of benzene rings is 2. The maximum atomic E-state index is 5.73. The van der Waals surface area contributed by atoms with E-state index in [1.807, 2.05) is 24.3 Å². The van der Waals surface area contributed by atoms with Crippen molar-refractivity contribution < 1.29 is 9.47 Å². The second-order valence-corrected chi connectivity index (χ2v) is 6.50. The highest BCUT2D eigenvalue weighted by molar-refractivity contribution is 14.0. The minimum atomic E-state index is 0. The highest BCUT2D eigenvalue weighted by atomic mass is 127. The Bertz CT molecular complexity index is 696. The molecule has 0 heterocycles. The van der Waals surface area contributed by atoms with E-state index in [4.69, 9.17) is 9.47 Å². The average Bonchev–Trinajstić information content (AvgIpc) is 2.69. The van der Waals surface area contributed by atoms with Crippen molar-refractivity contribution in [3.05, 3.63) is 54.1 Å². The molecule has 5 nitrogen and oxygen atoms in total. The van der Waals surface area contributed by atoms with E-state index in [9.17, 15) is 0 Å². The highest BCUT2D eigenvalue weighted by Crippen LogP contribution is 2.18. The number of nitrogens with one attached hydrogen (secondary N) is 2. The first-order valence-corrected chi connectivity index (χ1v) is 9.80. The van der Waals surface area contributed by atoms with Gasteiger partial charge in [-0.3, -0.25) is 4.99 Å². The van der Waals surface area contributed by atoms with Crippen molar-refractivity contribution in [3.63, 3.8) is 0 Å². The van der Waals surface area contributed by atoms with Gasteiger partial charge >= 0.3 is 0 Å². The van der Waals surface area contributed by atoms with Gasteiger partial charge in [-0.05, 0) is 36.1 Å². The molecule has 0 amide bonds. The maximum absolute atomic E-state index is 5.73. The largest absolute Gasteiger partial charge is 0.493 e. The van der Waals surface area contributed by atoms with Gasteiger partial charge in [0, 0.05) is 50.4 Å². The Hall–Kier alpha value is -1.45. The van der Waals surface area contributed by atoms with Crippen LogP contribution in [0.25, 0.3) is 0 Å². The molecule has 0 atom stereocenters. The molecule has 0 spiro atoms. The van der Waals surface area contributed by atoms with Crippen LogP contribution in [0, 0.1) is 0 Å². The summed E-state index contributed by atoms with van der Waals surface area (Å²) < 4.78 is 10.8. The number of methoxy groups -OCH3 is 1. The minimum Gasteiger partial charge on any atom is -0.493 e. The highest BCUT2D eigenvalue weighted by Gasteiger charge is 2.02. The molecule has 0 aromatic heterocycles. The Morgan fingerprint density at radius 2 is 1.89 bits per heavy atom. The predicted molar refractivity (Wildman–Crippen MR) is 126 cm³/mol. The molecule has 148 valence electrons. The molecule has 0 aliphatic heterocycles. The van der Waals surface area contributed by atoms with Crippen molar-refractivity contribution in [2.45, 2.75) is 17.9 Å². The topological polar surface area (TPSA) is 54.9 Å². The molecule has 0 radical (unpaired) electrons. The normalized spacial score (nSPS) is 10.9. The molecule has 0 aliphatic rings. The summed E-state index contributed by atoms with van der Waals surface area (Å²) in [6.45, 7) is 2.05. The van der Waals surface area contributed by atoms with Crippen LogP contribution in [0.4, 0.5) is 5.69 Å². The Balaban J connectivity index is 0.00000364. The van der Waals surface area contributed by atoms with Gasteiger partial charge in [-0.1, -0.05) is 18.2 Å². The van der Waals surface area contributed by atoms with Crippen molar-refractivity contribution in [3.8, 4) is 5.75 Å². The number of aliphatic imine (C=N–C) groups is 1. The summed E-state index contributed by atoms with van der Waals surface area (Å²) in [7, 11) is 3.46. The van der Waals surface area contributed by atoms with Crippen LogP contribution in [0.5, 0.6) is 5.75 Å². The third-order valence-corrected chi connectivity index (χ3v) is 4.44. The van der Waals surface area contributed by atoms with Crippen molar-refractivity contribution in [1.82, 2.24) is 5.32 Å². The zero-order valence-electron chi connectivity index (χ0n) is 16.0. The number of rotatable bonds is 9. The van der Waals surface area contributed by atoms with Gasteiger partial charge in [0.15, 0.2) is 5.96 Å². The summed E-state index contributed by atoms with van der Waals surface area (Å²) in [5.74, 6) is 1.55. The van der Waals surface area contributed by atoms with Crippen molar-refractivity contribution >= 4 is 47.4 Å². The molecular weight excluding hydrogens is 473 g/mol. The van der Waals surface area contributed by atoms with Gasteiger partial charge in [-0.25, -0.2) is 0 Å². The van der Waals surface area contributed by atoms with E-state index in [-0.39, 0.29) is 24.0 Å². The molecule has 7 heteroatoms. The summed E-state index contributed by atoms with van der Waals surface area (Å²) in [6, 6.07) is 16.4. The zero-order chi connectivity index (χ0) is 18.6. The lowest BCUT2D eigenvalue weighted by atomic mass is 10.2. The molecule has 27 heavy (non-hydrogen) atoms. The Kier molecular flexibility index (Phi) is 12.0. The number of hydrogen-bond donors (Lipinski definition) is 2. The summed E-state index contributed by atoms with van der Waals surface area (Å²) >= 11 is 1.74. The van der Waals surface area contributed by atoms with Crippen LogP contribution < -0.4 is 15.4 Å². The Labute approximate surface area is 183 Å². The molecule has 0 saturated carbocycles. The van der Waals surface area contributed by atoms with Gasteiger partial charge in [-0.2, -0.15) is 0 Å². The van der Waals surface area contributed by atoms with Gasteiger partial charge in [0.2, 0.25) is 0 Å². The van der Waals surface area contributed by atoms with E-state index >= 15 is 0 Å². The first-order valence-electron chi connectivity index (χ1n) is 8.57. The van der Waals surface area contributed by atoms with Crippen LogP contribution >= 0.6 is 35.7 Å². The number of thioether (sulfide) groups is 1. The third kappa shape index (κ3) is 8.85. The standard InChI is InChI=1S/C20H27N3O2S.HI/c1-21-20(22-15-16-8-10-19(26-3)11-9-16)23-17-6-4-7-18(14-17)25-13-5-12-24-2;/h4,6-11,14H,5,12-13,15H2,1-3H3,(H2,21,22,23);1H. The summed E-state index contributed by atoms with van der Waals surface area (Å²) in [4.78, 5) is 5.54. The number of halogens is 1. The summed E-state index contributed by atoms with van der Waals surface area (Å²) in [5.41, 5.74) is 2.14. The van der Waals surface area contributed by atoms with Crippen LogP contribution in [0.15, 0.2) is 58.4 Å². The van der Waals surface area contributed by atoms with Crippen LogP contribution in [-0.4, -0.2) is 39.6 Å². The number of hydrogen-bond acceptors (Lipinski definition) is 4. The molecule has 2 N–H and O–H groups in total. The first kappa shape index (κ1) is 23.6. The molecule has 2 aromatic carbocycles. The molecular formula is C20H28IN3O2S. The summed E-state index contributed by atoms with van der Waals surface area (Å²) in [5, 5.41) is 6.62. The van der Waals surface area contributed by atoms with Gasteiger partial charge in [0.05, 0.1) is 6.61 Å². The number of guanidine groups is 1. The Morgan fingerprint density at radius 1 is 1.11 bits per heavy atom. The lowest BCUT2D eigenvalue weighted by Crippen LogP contribution is -2.30. The fourth-order valence-corrected chi connectivity index (χ4v) is 2.71. The number of anilines is 1. The van der Waals surface area contributed by atoms with Crippen LogP contribution in [0.1, 0.15) is 12.0 Å². The zero-order valence-corrected chi connectivity index (χ0v) is 19.2. The second-order valence-electron chi connectivity index (χ2n) is 5.62. The quantitative estimate of drug-likeness (QED) is 0.173. The molecule has 0 unspecified atom stereocenters. The van der Waals surface area contributed by atoms with Crippen LogP contribution in [-0.2, 0) is 11.3 Å². The fraction of sp³-hybridized carbons (Fsp3) is 0.350. The lowest BCUT2D eigenvalue weighted by Gasteiger charge is -2.13.